The summed E-state index contributed by atoms with van der Waals surface area (Å²) in [7, 11) is 4.95. The summed E-state index contributed by atoms with van der Waals surface area (Å²) in [5.74, 6) is 1.60. The van der Waals surface area contributed by atoms with Gasteiger partial charge >= 0.3 is 0 Å². The third-order valence-corrected chi connectivity index (χ3v) is 3.23. The van der Waals surface area contributed by atoms with Crippen LogP contribution in [-0.4, -0.2) is 45.7 Å². The SMILES string of the molecule is COCC(CCO)NC(C)c1cc(OC)ccc1OC. The normalized spacial score (nSPS) is 13.8. The van der Waals surface area contributed by atoms with Crippen molar-refractivity contribution in [2.24, 2.45) is 0 Å². The predicted octanol–water partition coefficient (Wildman–Crippen LogP) is 1.75. The van der Waals surface area contributed by atoms with Crippen molar-refractivity contribution in [2.75, 3.05) is 34.5 Å². The lowest BCUT2D eigenvalue weighted by molar-refractivity contribution is 0.143. The molecular formula is C15H25NO4. The minimum atomic E-state index is 0.0618. The van der Waals surface area contributed by atoms with Crippen molar-refractivity contribution in [1.82, 2.24) is 5.32 Å². The van der Waals surface area contributed by atoms with Crippen LogP contribution < -0.4 is 14.8 Å². The van der Waals surface area contributed by atoms with Crippen molar-refractivity contribution in [3.05, 3.63) is 23.8 Å². The molecule has 114 valence electrons. The van der Waals surface area contributed by atoms with Crippen molar-refractivity contribution in [1.29, 1.82) is 0 Å². The van der Waals surface area contributed by atoms with Gasteiger partial charge in [-0.2, -0.15) is 0 Å². The zero-order chi connectivity index (χ0) is 15.0. The van der Waals surface area contributed by atoms with E-state index in [0.29, 0.717) is 13.0 Å². The fourth-order valence-electron chi connectivity index (χ4n) is 2.19. The molecule has 0 aliphatic carbocycles. The Hall–Kier alpha value is -1.30. The van der Waals surface area contributed by atoms with E-state index < -0.39 is 0 Å². The highest BCUT2D eigenvalue weighted by molar-refractivity contribution is 5.42. The molecule has 0 saturated carbocycles. The van der Waals surface area contributed by atoms with Crippen molar-refractivity contribution in [2.45, 2.75) is 25.4 Å². The second-order valence-corrected chi connectivity index (χ2v) is 4.66. The fourth-order valence-corrected chi connectivity index (χ4v) is 2.19. The van der Waals surface area contributed by atoms with E-state index in [2.05, 4.69) is 12.2 Å². The van der Waals surface area contributed by atoms with Crippen molar-refractivity contribution < 1.29 is 19.3 Å². The quantitative estimate of drug-likeness (QED) is 0.723. The summed E-state index contributed by atoms with van der Waals surface area (Å²) in [6, 6.07) is 5.88. The standard InChI is InChI=1S/C15H25NO4/c1-11(16-12(7-8-17)10-18-2)14-9-13(19-3)5-6-15(14)20-4/h5-6,9,11-12,16-17H,7-8,10H2,1-4H3. The van der Waals surface area contributed by atoms with Gasteiger partial charge in [-0.1, -0.05) is 0 Å². The molecule has 0 aromatic heterocycles. The summed E-state index contributed by atoms with van der Waals surface area (Å²) >= 11 is 0. The topological polar surface area (TPSA) is 60.0 Å². The van der Waals surface area contributed by atoms with Crippen LogP contribution in [0.4, 0.5) is 0 Å². The Kier molecular flexibility index (Phi) is 7.36. The van der Waals surface area contributed by atoms with Crippen molar-refractivity contribution in [3.8, 4) is 11.5 Å². The average Bonchev–Trinajstić information content (AvgIpc) is 2.47. The Morgan fingerprint density at radius 1 is 1.20 bits per heavy atom. The molecule has 2 unspecified atom stereocenters. The number of methoxy groups -OCH3 is 3. The molecule has 1 aromatic carbocycles. The van der Waals surface area contributed by atoms with Crippen LogP contribution in [0.2, 0.25) is 0 Å². The molecule has 0 heterocycles. The molecule has 1 rings (SSSR count). The van der Waals surface area contributed by atoms with Crippen LogP contribution in [0.15, 0.2) is 18.2 Å². The van der Waals surface area contributed by atoms with Gasteiger partial charge in [-0.15, -0.1) is 0 Å². The Morgan fingerprint density at radius 3 is 2.50 bits per heavy atom. The molecule has 0 aliphatic rings. The third kappa shape index (κ3) is 4.67. The fraction of sp³-hybridized carbons (Fsp3) is 0.600. The molecule has 2 N–H and O–H groups in total. The van der Waals surface area contributed by atoms with Gasteiger partial charge in [0, 0.05) is 31.4 Å². The van der Waals surface area contributed by atoms with E-state index in [4.69, 9.17) is 19.3 Å². The predicted molar refractivity (Wildman–Crippen MR) is 78.5 cm³/mol. The number of hydrogen-bond donors (Lipinski definition) is 2. The highest BCUT2D eigenvalue weighted by Gasteiger charge is 2.17. The van der Waals surface area contributed by atoms with E-state index >= 15 is 0 Å². The molecule has 0 aliphatic heterocycles. The lowest BCUT2D eigenvalue weighted by atomic mass is 10.0. The van der Waals surface area contributed by atoms with Gasteiger partial charge in [-0.3, -0.25) is 0 Å². The van der Waals surface area contributed by atoms with Crippen molar-refractivity contribution >= 4 is 0 Å². The molecule has 0 amide bonds. The van der Waals surface area contributed by atoms with E-state index in [-0.39, 0.29) is 18.7 Å². The largest absolute Gasteiger partial charge is 0.497 e. The van der Waals surface area contributed by atoms with Gasteiger partial charge in [-0.05, 0) is 31.5 Å². The van der Waals surface area contributed by atoms with E-state index in [1.54, 1.807) is 21.3 Å². The molecule has 5 nitrogen and oxygen atoms in total. The Bertz CT molecular complexity index is 391. The highest BCUT2D eigenvalue weighted by Crippen LogP contribution is 2.29. The number of benzene rings is 1. The van der Waals surface area contributed by atoms with E-state index in [1.807, 2.05) is 18.2 Å². The molecule has 0 radical (unpaired) electrons. The first-order valence-corrected chi connectivity index (χ1v) is 6.74. The molecule has 20 heavy (non-hydrogen) atoms. The molecule has 0 bridgehead atoms. The van der Waals surface area contributed by atoms with Crippen LogP contribution in [0.1, 0.15) is 24.9 Å². The van der Waals surface area contributed by atoms with Crippen LogP contribution in [0.3, 0.4) is 0 Å². The maximum Gasteiger partial charge on any atom is 0.123 e. The van der Waals surface area contributed by atoms with E-state index in [1.165, 1.54) is 0 Å². The third-order valence-electron chi connectivity index (χ3n) is 3.23. The number of nitrogens with one attached hydrogen (secondary N) is 1. The van der Waals surface area contributed by atoms with Gasteiger partial charge in [0.25, 0.3) is 0 Å². The van der Waals surface area contributed by atoms with E-state index in [9.17, 15) is 0 Å². The van der Waals surface area contributed by atoms with Crippen LogP contribution in [0.5, 0.6) is 11.5 Å². The summed E-state index contributed by atoms with van der Waals surface area (Å²) in [4.78, 5) is 0. The van der Waals surface area contributed by atoms with Crippen LogP contribution in [0.25, 0.3) is 0 Å². The number of hydrogen-bond acceptors (Lipinski definition) is 5. The Morgan fingerprint density at radius 2 is 1.95 bits per heavy atom. The molecule has 0 fully saturated rings. The first-order chi connectivity index (χ1) is 9.65. The minimum Gasteiger partial charge on any atom is -0.497 e. The second-order valence-electron chi connectivity index (χ2n) is 4.66. The first-order valence-electron chi connectivity index (χ1n) is 6.74. The van der Waals surface area contributed by atoms with Crippen LogP contribution in [0, 0.1) is 0 Å². The summed E-state index contributed by atoms with van der Waals surface area (Å²) in [6.07, 6.45) is 0.643. The number of aliphatic hydroxyl groups excluding tert-OH is 1. The van der Waals surface area contributed by atoms with Gasteiger partial charge in [0.2, 0.25) is 0 Å². The number of ether oxygens (including phenoxy) is 3. The zero-order valence-electron chi connectivity index (χ0n) is 12.7. The van der Waals surface area contributed by atoms with Crippen LogP contribution >= 0.6 is 0 Å². The van der Waals surface area contributed by atoms with Gasteiger partial charge in [0.05, 0.1) is 20.8 Å². The van der Waals surface area contributed by atoms with Gasteiger partial charge in [-0.25, -0.2) is 0 Å². The lowest BCUT2D eigenvalue weighted by Gasteiger charge is -2.24. The maximum absolute atomic E-state index is 9.09. The van der Waals surface area contributed by atoms with E-state index in [0.717, 1.165) is 17.1 Å². The monoisotopic (exact) mass is 283 g/mol. The molecule has 0 saturated heterocycles. The number of rotatable bonds is 9. The maximum atomic E-state index is 9.09. The molecule has 1 aromatic rings. The highest BCUT2D eigenvalue weighted by atomic mass is 16.5. The summed E-state index contributed by atoms with van der Waals surface area (Å²) in [5.41, 5.74) is 1.02. The Balaban J connectivity index is 2.85. The summed E-state index contributed by atoms with van der Waals surface area (Å²) in [5, 5.41) is 12.5. The molecule has 5 heteroatoms. The lowest BCUT2D eigenvalue weighted by Crippen LogP contribution is -2.36. The molecule has 2 atom stereocenters. The Labute approximate surface area is 120 Å². The summed E-state index contributed by atoms with van der Waals surface area (Å²) in [6.45, 7) is 2.73. The van der Waals surface area contributed by atoms with Gasteiger partial charge in [0.15, 0.2) is 0 Å². The van der Waals surface area contributed by atoms with Crippen molar-refractivity contribution in [3.63, 3.8) is 0 Å². The molecule has 0 spiro atoms. The minimum absolute atomic E-state index is 0.0618. The summed E-state index contributed by atoms with van der Waals surface area (Å²) < 4.78 is 15.8. The second kappa shape index (κ2) is 8.79. The van der Waals surface area contributed by atoms with Gasteiger partial charge in [0.1, 0.15) is 11.5 Å². The van der Waals surface area contributed by atoms with Crippen LogP contribution in [-0.2, 0) is 4.74 Å². The van der Waals surface area contributed by atoms with Gasteiger partial charge < -0.3 is 24.6 Å². The first kappa shape index (κ1) is 16.8. The average molecular weight is 283 g/mol. The molecular weight excluding hydrogens is 258 g/mol. The number of aliphatic hydroxyl groups is 1. The smallest absolute Gasteiger partial charge is 0.123 e. The zero-order valence-corrected chi connectivity index (χ0v) is 12.7.